The number of benzene rings is 9. The predicted octanol–water partition coefficient (Wildman–Crippen LogP) is 13.7. The van der Waals surface area contributed by atoms with Crippen molar-refractivity contribution in [3.8, 4) is 44.5 Å². The second-order valence-electron chi connectivity index (χ2n) is 12.3. The van der Waals surface area contributed by atoms with E-state index in [9.17, 15) is 5.48 Å². The molecule has 0 saturated carbocycles. The molecule has 0 saturated heterocycles. The Labute approximate surface area is 295 Å². The minimum absolute atomic E-state index is 0.155. The van der Waals surface area contributed by atoms with Gasteiger partial charge in [-0.25, -0.2) is 0 Å². The van der Waals surface area contributed by atoms with Gasteiger partial charge in [0, 0.05) is 10.8 Å². The summed E-state index contributed by atoms with van der Waals surface area (Å²) in [6, 6.07) is 39.9. The Hall–Kier alpha value is -6.44. The minimum Gasteiger partial charge on any atom is -0.456 e. The molecule has 9 aromatic carbocycles. The Kier molecular flexibility index (Phi) is 4.69. The van der Waals surface area contributed by atoms with Gasteiger partial charge in [0.15, 0.2) is 0 Å². The van der Waals surface area contributed by atoms with Crippen LogP contribution in [0, 0.1) is 0 Å². The maximum atomic E-state index is 9.56. The Morgan fingerprint density at radius 3 is 1.47 bits per heavy atom. The highest BCUT2D eigenvalue weighted by Gasteiger charge is 2.21. The van der Waals surface area contributed by atoms with Crippen molar-refractivity contribution in [1.29, 1.82) is 0 Å². The van der Waals surface area contributed by atoms with E-state index in [1.807, 2.05) is 121 Å². The van der Waals surface area contributed by atoms with Gasteiger partial charge in [0.1, 0.15) is 11.2 Å². The van der Waals surface area contributed by atoms with Gasteiger partial charge >= 0.3 is 0 Å². The molecule has 0 fully saturated rings. The van der Waals surface area contributed by atoms with Crippen molar-refractivity contribution < 1.29 is 15.4 Å². The van der Waals surface area contributed by atoms with Gasteiger partial charge in [-0.15, -0.1) is 0 Å². The third-order valence-electron chi connectivity index (χ3n) is 9.44. The molecule has 0 atom stereocenters. The molecular weight excluding hydrogens is 593 g/mol. The van der Waals surface area contributed by atoms with Crippen LogP contribution in [-0.2, 0) is 0 Å². The van der Waals surface area contributed by atoms with Gasteiger partial charge in [0.25, 0.3) is 0 Å². The normalized spacial score (nSPS) is 14.0. The van der Waals surface area contributed by atoms with Gasteiger partial charge in [-0.05, 0) is 113 Å². The van der Waals surface area contributed by atoms with E-state index in [2.05, 4.69) is 6.07 Å². The second kappa shape index (κ2) is 11.1. The minimum atomic E-state index is -0.446. The molecule has 10 aromatic rings. The summed E-state index contributed by atoms with van der Waals surface area (Å²) in [6.45, 7) is 0. The summed E-state index contributed by atoms with van der Waals surface area (Å²) in [5.41, 5.74) is 6.31. The number of hydrogen-bond donors (Lipinski definition) is 0. The summed E-state index contributed by atoms with van der Waals surface area (Å²) in [6.07, 6.45) is 0. The lowest BCUT2D eigenvalue weighted by molar-refractivity contribution is 0.669. The Morgan fingerprint density at radius 2 is 0.878 bits per heavy atom. The first-order valence-corrected chi connectivity index (χ1v) is 16.2. The number of furan rings is 1. The monoisotopic (exact) mass is 630 g/mol. The van der Waals surface area contributed by atoms with Crippen molar-refractivity contribution in [2.24, 2.45) is 0 Å². The van der Waals surface area contributed by atoms with Crippen LogP contribution in [0.2, 0.25) is 0 Å². The van der Waals surface area contributed by atoms with E-state index in [4.69, 9.17) is 9.90 Å². The Balaban J connectivity index is 1.45. The largest absolute Gasteiger partial charge is 0.456 e. The fourth-order valence-corrected chi connectivity index (χ4v) is 7.27. The second-order valence-corrected chi connectivity index (χ2v) is 12.3. The highest BCUT2D eigenvalue weighted by atomic mass is 16.3. The SMILES string of the molecule is [2H]c1c([2H])c([2H])c2c(-c3cccc4oc5cc6ccccc6cc5c34)c3c([2H])c([2H])c([2H])c([2H])c3c(-c3cc(-c4ccccc4)cc(-c4ccccc4)c3)c2c1[2H]. The van der Waals surface area contributed by atoms with Gasteiger partial charge in [0.05, 0.1) is 11.0 Å². The first kappa shape index (κ1) is 20.7. The summed E-state index contributed by atoms with van der Waals surface area (Å²) in [5, 5.41) is 4.04. The third kappa shape index (κ3) is 4.47. The van der Waals surface area contributed by atoms with Crippen LogP contribution in [0.5, 0.6) is 0 Å². The smallest absolute Gasteiger partial charge is 0.136 e. The van der Waals surface area contributed by atoms with E-state index in [0.29, 0.717) is 33.2 Å². The van der Waals surface area contributed by atoms with Gasteiger partial charge in [-0.3, -0.25) is 0 Å². The van der Waals surface area contributed by atoms with Crippen molar-refractivity contribution in [1.82, 2.24) is 0 Å². The Bertz CT molecular complexity index is 3180. The molecule has 49 heavy (non-hydrogen) atoms. The molecule has 1 heterocycles. The lowest BCUT2D eigenvalue weighted by atomic mass is 9.83. The van der Waals surface area contributed by atoms with E-state index < -0.39 is 24.2 Å². The average Bonchev–Trinajstić information content (AvgIpc) is 3.62. The summed E-state index contributed by atoms with van der Waals surface area (Å²) in [5.74, 6) is 0. The molecule has 1 heteroatoms. The number of hydrogen-bond acceptors (Lipinski definition) is 1. The average molecular weight is 631 g/mol. The van der Waals surface area contributed by atoms with Crippen LogP contribution in [0.15, 0.2) is 186 Å². The summed E-state index contributed by atoms with van der Waals surface area (Å²) >= 11 is 0. The topological polar surface area (TPSA) is 13.1 Å². The molecule has 228 valence electrons. The molecule has 0 unspecified atom stereocenters. The quantitative estimate of drug-likeness (QED) is 0.176. The van der Waals surface area contributed by atoms with Crippen molar-refractivity contribution in [2.75, 3.05) is 0 Å². The maximum absolute atomic E-state index is 9.56. The highest BCUT2D eigenvalue weighted by molar-refractivity contribution is 6.26. The summed E-state index contributed by atoms with van der Waals surface area (Å²) in [7, 11) is 0. The van der Waals surface area contributed by atoms with Crippen LogP contribution in [0.4, 0.5) is 0 Å². The van der Waals surface area contributed by atoms with Crippen molar-refractivity contribution >= 4 is 54.3 Å². The van der Waals surface area contributed by atoms with Crippen LogP contribution >= 0.6 is 0 Å². The number of fused-ring (bicyclic) bond motifs is 6. The standard InChI is InChI=1S/C48H30O/c1-3-14-31(15-4-1)35-26-36(32-16-5-2-6-17-32)28-37(27-35)46-38-20-9-11-22-40(38)47(41-23-12-10-21-39(41)46)42-24-13-25-44-48(42)43-29-33-18-7-8-19-34(33)30-45(43)49-44/h1-30H/i9D,10D,11D,12D,20D,21D,22D,23D. The van der Waals surface area contributed by atoms with E-state index in [-0.39, 0.29) is 51.3 Å². The van der Waals surface area contributed by atoms with Crippen molar-refractivity contribution in [2.45, 2.75) is 0 Å². The maximum Gasteiger partial charge on any atom is 0.136 e. The number of rotatable bonds is 4. The van der Waals surface area contributed by atoms with Gasteiger partial charge < -0.3 is 4.42 Å². The van der Waals surface area contributed by atoms with Gasteiger partial charge in [-0.1, -0.05) is 145 Å². The van der Waals surface area contributed by atoms with E-state index >= 15 is 0 Å². The molecule has 10 rings (SSSR count). The van der Waals surface area contributed by atoms with Crippen LogP contribution < -0.4 is 0 Å². The highest BCUT2D eigenvalue weighted by Crippen LogP contribution is 2.48. The molecule has 0 N–H and O–H groups in total. The molecule has 1 nitrogen and oxygen atoms in total. The van der Waals surface area contributed by atoms with E-state index in [1.54, 1.807) is 6.07 Å². The van der Waals surface area contributed by atoms with Crippen LogP contribution in [-0.4, -0.2) is 0 Å². The molecule has 0 spiro atoms. The molecule has 0 bridgehead atoms. The lowest BCUT2D eigenvalue weighted by Crippen LogP contribution is -1.92. The first-order valence-electron chi connectivity index (χ1n) is 20.2. The molecule has 0 radical (unpaired) electrons. The zero-order valence-corrected chi connectivity index (χ0v) is 26.1. The van der Waals surface area contributed by atoms with Gasteiger partial charge in [0.2, 0.25) is 0 Å². The van der Waals surface area contributed by atoms with Crippen LogP contribution in [0.25, 0.3) is 98.8 Å². The fourth-order valence-electron chi connectivity index (χ4n) is 7.27. The van der Waals surface area contributed by atoms with Crippen LogP contribution in [0.3, 0.4) is 0 Å². The molecule has 0 aliphatic carbocycles. The van der Waals surface area contributed by atoms with E-state index in [1.165, 1.54) is 0 Å². The lowest BCUT2D eigenvalue weighted by Gasteiger charge is -2.19. The first-order chi connectivity index (χ1) is 27.6. The molecule has 0 aliphatic rings. The molecular formula is C48H30O. The molecule has 0 aliphatic heterocycles. The summed E-state index contributed by atoms with van der Waals surface area (Å²) in [4.78, 5) is 0. The Morgan fingerprint density at radius 1 is 0.367 bits per heavy atom. The van der Waals surface area contributed by atoms with Crippen molar-refractivity contribution in [3.05, 3.63) is 182 Å². The molecule has 1 aromatic heterocycles. The zero-order chi connectivity index (χ0) is 39.3. The summed E-state index contributed by atoms with van der Waals surface area (Å²) < 4.78 is 80.5. The predicted molar refractivity (Wildman–Crippen MR) is 208 cm³/mol. The third-order valence-corrected chi connectivity index (χ3v) is 9.44. The van der Waals surface area contributed by atoms with Gasteiger partial charge in [-0.2, -0.15) is 0 Å². The fraction of sp³-hybridized carbons (Fsp3) is 0. The molecule has 0 amide bonds. The zero-order valence-electron chi connectivity index (χ0n) is 34.1. The van der Waals surface area contributed by atoms with Crippen LogP contribution in [0.1, 0.15) is 11.0 Å². The van der Waals surface area contributed by atoms with E-state index in [0.717, 1.165) is 38.4 Å². The van der Waals surface area contributed by atoms with Crippen molar-refractivity contribution in [3.63, 3.8) is 0 Å².